The summed E-state index contributed by atoms with van der Waals surface area (Å²) in [6, 6.07) is 9.56. The van der Waals surface area contributed by atoms with Gasteiger partial charge in [0.25, 0.3) is 0 Å². The molecule has 3 aromatic rings. The predicted molar refractivity (Wildman–Crippen MR) is 70.8 cm³/mol. The van der Waals surface area contributed by atoms with E-state index in [1.165, 1.54) is 0 Å². The van der Waals surface area contributed by atoms with E-state index in [-0.39, 0.29) is 0 Å². The van der Waals surface area contributed by atoms with Gasteiger partial charge in [-0.25, -0.2) is 0 Å². The van der Waals surface area contributed by atoms with Crippen LogP contribution in [0.15, 0.2) is 39.2 Å². The van der Waals surface area contributed by atoms with Gasteiger partial charge in [0.05, 0.1) is 10.7 Å². The second-order valence-corrected chi connectivity index (χ2v) is 4.82. The standard InChI is InChI=1S/C12H7BrClNO/c13-8-5-4-7-6-2-1-3-9(14)11(6)16-12(7)10(8)15/h1-5H,15H2. The summed E-state index contributed by atoms with van der Waals surface area (Å²) in [6.07, 6.45) is 0. The third-order valence-corrected chi connectivity index (χ3v) is 3.59. The van der Waals surface area contributed by atoms with Gasteiger partial charge in [-0.1, -0.05) is 23.7 Å². The zero-order valence-corrected chi connectivity index (χ0v) is 10.5. The highest BCUT2D eigenvalue weighted by Gasteiger charge is 2.12. The van der Waals surface area contributed by atoms with Crippen LogP contribution in [-0.4, -0.2) is 0 Å². The Kier molecular flexibility index (Phi) is 2.13. The van der Waals surface area contributed by atoms with E-state index in [4.69, 9.17) is 21.8 Å². The molecule has 0 saturated carbocycles. The van der Waals surface area contributed by atoms with E-state index in [0.29, 0.717) is 21.9 Å². The molecule has 0 saturated heterocycles. The second-order valence-electron chi connectivity index (χ2n) is 3.56. The summed E-state index contributed by atoms with van der Waals surface area (Å²) < 4.78 is 6.54. The maximum atomic E-state index is 6.07. The second kappa shape index (κ2) is 3.40. The normalized spacial score (nSPS) is 11.4. The maximum Gasteiger partial charge on any atom is 0.159 e. The molecule has 4 heteroatoms. The lowest BCUT2D eigenvalue weighted by Crippen LogP contribution is -1.85. The van der Waals surface area contributed by atoms with E-state index < -0.39 is 0 Å². The fourth-order valence-electron chi connectivity index (χ4n) is 1.82. The van der Waals surface area contributed by atoms with E-state index in [1.54, 1.807) is 6.07 Å². The van der Waals surface area contributed by atoms with Crippen LogP contribution in [0.1, 0.15) is 0 Å². The molecule has 2 N–H and O–H groups in total. The minimum absolute atomic E-state index is 0.601. The number of nitrogen functional groups attached to an aromatic ring is 1. The molecule has 0 bridgehead atoms. The molecule has 0 aliphatic heterocycles. The Morgan fingerprint density at radius 3 is 2.62 bits per heavy atom. The Morgan fingerprint density at radius 1 is 1.06 bits per heavy atom. The van der Waals surface area contributed by atoms with E-state index in [0.717, 1.165) is 15.2 Å². The minimum Gasteiger partial charge on any atom is -0.452 e. The molecule has 1 aromatic heterocycles. The molecule has 2 nitrogen and oxygen atoms in total. The molecule has 0 aliphatic rings. The third-order valence-electron chi connectivity index (χ3n) is 2.60. The summed E-state index contributed by atoms with van der Waals surface area (Å²) in [6.45, 7) is 0. The summed E-state index contributed by atoms with van der Waals surface area (Å²) in [5.74, 6) is 0. The van der Waals surface area contributed by atoms with Gasteiger partial charge >= 0.3 is 0 Å². The zero-order valence-electron chi connectivity index (χ0n) is 8.13. The minimum atomic E-state index is 0.601. The molecule has 0 fully saturated rings. The molecule has 16 heavy (non-hydrogen) atoms. The quantitative estimate of drug-likeness (QED) is 0.617. The van der Waals surface area contributed by atoms with Crippen molar-refractivity contribution in [2.24, 2.45) is 0 Å². The summed E-state index contributed by atoms with van der Waals surface area (Å²) >= 11 is 9.45. The summed E-state index contributed by atoms with van der Waals surface area (Å²) in [5, 5.41) is 2.57. The van der Waals surface area contributed by atoms with E-state index in [9.17, 15) is 0 Å². The fraction of sp³-hybridized carbons (Fsp3) is 0. The number of hydrogen-bond acceptors (Lipinski definition) is 2. The van der Waals surface area contributed by atoms with Crippen molar-refractivity contribution in [1.82, 2.24) is 0 Å². The van der Waals surface area contributed by atoms with Crippen LogP contribution >= 0.6 is 27.5 Å². The average Bonchev–Trinajstić information content (AvgIpc) is 2.65. The van der Waals surface area contributed by atoms with Crippen LogP contribution in [0.2, 0.25) is 5.02 Å². The molecule has 80 valence electrons. The van der Waals surface area contributed by atoms with Gasteiger partial charge in [-0.2, -0.15) is 0 Å². The SMILES string of the molecule is Nc1c(Br)ccc2c1oc1c(Cl)cccc12. The highest BCUT2D eigenvalue weighted by molar-refractivity contribution is 9.10. The van der Waals surface area contributed by atoms with Crippen molar-refractivity contribution in [2.45, 2.75) is 0 Å². The van der Waals surface area contributed by atoms with E-state index in [2.05, 4.69) is 15.9 Å². The lowest BCUT2D eigenvalue weighted by Gasteiger charge is -1.97. The predicted octanol–water partition coefficient (Wildman–Crippen LogP) is 4.58. The van der Waals surface area contributed by atoms with Crippen molar-refractivity contribution >= 4 is 55.2 Å². The number of benzene rings is 2. The Bertz CT molecular complexity index is 705. The lowest BCUT2D eigenvalue weighted by atomic mass is 10.1. The molecule has 0 atom stereocenters. The van der Waals surface area contributed by atoms with Crippen LogP contribution in [0, 0.1) is 0 Å². The molecule has 0 amide bonds. The van der Waals surface area contributed by atoms with Gasteiger partial charge in [0, 0.05) is 15.2 Å². The Labute approximate surface area is 105 Å². The first kappa shape index (κ1) is 10.00. The number of halogens is 2. The van der Waals surface area contributed by atoms with Crippen LogP contribution < -0.4 is 5.73 Å². The van der Waals surface area contributed by atoms with Crippen LogP contribution in [0.25, 0.3) is 21.9 Å². The summed E-state index contributed by atoms with van der Waals surface area (Å²) in [4.78, 5) is 0. The monoisotopic (exact) mass is 295 g/mol. The molecule has 0 aliphatic carbocycles. The largest absolute Gasteiger partial charge is 0.452 e. The third kappa shape index (κ3) is 1.25. The number of fused-ring (bicyclic) bond motifs is 3. The Hall–Kier alpha value is -1.19. The first-order chi connectivity index (χ1) is 7.68. The molecular weight excluding hydrogens is 289 g/mol. The molecule has 0 unspecified atom stereocenters. The van der Waals surface area contributed by atoms with Gasteiger partial charge in [0.1, 0.15) is 0 Å². The number of furan rings is 1. The van der Waals surface area contributed by atoms with Crippen molar-refractivity contribution in [3.63, 3.8) is 0 Å². The molecule has 3 rings (SSSR count). The van der Waals surface area contributed by atoms with Gasteiger partial charge < -0.3 is 10.2 Å². The molecule has 2 aromatic carbocycles. The number of anilines is 1. The van der Waals surface area contributed by atoms with Crippen molar-refractivity contribution < 1.29 is 4.42 Å². The van der Waals surface area contributed by atoms with Gasteiger partial charge in [0.15, 0.2) is 11.2 Å². The first-order valence-corrected chi connectivity index (χ1v) is 5.90. The van der Waals surface area contributed by atoms with Crippen molar-refractivity contribution in [1.29, 1.82) is 0 Å². The van der Waals surface area contributed by atoms with Crippen LogP contribution in [-0.2, 0) is 0 Å². The topological polar surface area (TPSA) is 39.2 Å². The number of rotatable bonds is 0. The lowest BCUT2D eigenvalue weighted by molar-refractivity contribution is 0.670. The summed E-state index contributed by atoms with van der Waals surface area (Å²) in [5.41, 5.74) is 7.91. The molecule has 1 heterocycles. The van der Waals surface area contributed by atoms with Gasteiger partial charge in [-0.15, -0.1) is 0 Å². The van der Waals surface area contributed by atoms with Crippen LogP contribution in [0.3, 0.4) is 0 Å². The van der Waals surface area contributed by atoms with Gasteiger partial charge in [0.2, 0.25) is 0 Å². The summed E-state index contributed by atoms with van der Waals surface area (Å²) in [7, 11) is 0. The first-order valence-electron chi connectivity index (χ1n) is 4.73. The molecule has 0 radical (unpaired) electrons. The maximum absolute atomic E-state index is 6.07. The molecule has 0 spiro atoms. The Morgan fingerprint density at radius 2 is 1.81 bits per heavy atom. The van der Waals surface area contributed by atoms with E-state index >= 15 is 0 Å². The number of nitrogens with two attached hydrogens (primary N) is 1. The van der Waals surface area contributed by atoms with Crippen molar-refractivity contribution in [2.75, 3.05) is 5.73 Å². The molecular formula is C12H7BrClNO. The average molecular weight is 297 g/mol. The highest BCUT2D eigenvalue weighted by atomic mass is 79.9. The fourth-order valence-corrected chi connectivity index (χ4v) is 2.35. The Balaban J connectivity index is 2.60. The van der Waals surface area contributed by atoms with Crippen molar-refractivity contribution in [3.8, 4) is 0 Å². The van der Waals surface area contributed by atoms with Crippen LogP contribution in [0.5, 0.6) is 0 Å². The van der Waals surface area contributed by atoms with E-state index in [1.807, 2.05) is 24.3 Å². The zero-order chi connectivity index (χ0) is 11.3. The highest BCUT2D eigenvalue weighted by Crippen LogP contribution is 2.38. The van der Waals surface area contributed by atoms with Crippen LogP contribution in [0.4, 0.5) is 5.69 Å². The van der Waals surface area contributed by atoms with Crippen molar-refractivity contribution in [3.05, 3.63) is 39.8 Å². The number of hydrogen-bond donors (Lipinski definition) is 1. The van der Waals surface area contributed by atoms with Gasteiger partial charge in [-0.3, -0.25) is 0 Å². The number of para-hydroxylation sites is 1. The smallest absolute Gasteiger partial charge is 0.159 e. The van der Waals surface area contributed by atoms with Gasteiger partial charge in [-0.05, 0) is 34.1 Å².